The van der Waals surface area contributed by atoms with Gasteiger partial charge in [-0.2, -0.15) is 10.2 Å². The van der Waals surface area contributed by atoms with E-state index in [9.17, 15) is 0 Å². The molecule has 1 aliphatic heterocycles. The maximum Gasteiger partial charge on any atom is 0.0992 e. The lowest BCUT2D eigenvalue weighted by molar-refractivity contribution is 0.0850. The van der Waals surface area contributed by atoms with Crippen LogP contribution in [0.4, 0.5) is 0 Å². The lowest BCUT2D eigenvalue weighted by atomic mass is 10.1. The second-order valence-corrected chi connectivity index (χ2v) is 4.32. The highest BCUT2D eigenvalue weighted by Gasteiger charge is 2.26. The minimum Gasteiger partial charge on any atom is -0.376 e. The molecular formula is C8H16N2O. The Morgan fingerprint density at radius 3 is 1.64 bits per heavy atom. The summed E-state index contributed by atoms with van der Waals surface area (Å²) in [5.41, 5.74) is -0.290. The molecule has 0 fully saturated rings. The molecule has 0 aromatic carbocycles. The zero-order valence-electron chi connectivity index (χ0n) is 7.72. The summed E-state index contributed by atoms with van der Waals surface area (Å²) < 4.78 is 5.44. The molecule has 1 aliphatic rings. The number of nitrogens with zero attached hydrogens (tertiary/aromatic N) is 2. The van der Waals surface area contributed by atoms with Crippen molar-refractivity contribution in [2.24, 2.45) is 10.2 Å². The van der Waals surface area contributed by atoms with E-state index in [4.69, 9.17) is 4.74 Å². The van der Waals surface area contributed by atoms with Crippen molar-refractivity contribution in [3.8, 4) is 0 Å². The fourth-order valence-electron chi connectivity index (χ4n) is 0.879. The van der Waals surface area contributed by atoms with Crippen molar-refractivity contribution in [2.75, 3.05) is 13.2 Å². The van der Waals surface area contributed by atoms with Gasteiger partial charge in [0.1, 0.15) is 0 Å². The average Bonchev–Trinajstić information content (AvgIpc) is 1.92. The van der Waals surface area contributed by atoms with Crippen LogP contribution in [0.15, 0.2) is 10.2 Å². The maximum absolute atomic E-state index is 5.44. The van der Waals surface area contributed by atoms with Crippen molar-refractivity contribution in [2.45, 2.75) is 38.8 Å². The molecule has 0 radical (unpaired) electrons. The first-order valence-corrected chi connectivity index (χ1v) is 3.93. The number of hydrogen-bond acceptors (Lipinski definition) is 3. The van der Waals surface area contributed by atoms with Gasteiger partial charge in [0.25, 0.3) is 0 Å². The van der Waals surface area contributed by atoms with Crippen molar-refractivity contribution in [3.63, 3.8) is 0 Å². The zero-order valence-corrected chi connectivity index (χ0v) is 7.72. The highest BCUT2D eigenvalue weighted by molar-refractivity contribution is 4.84. The Hall–Kier alpha value is -0.440. The predicted octanol–water partition coefficient (Wildman–Crippen LogP) is 2.03. The van der Waals surface area contributed by atoms with E-state index in [0.717, 1.165) is 0 Å². The van der Waals surface area contributed by atoms with Gasteiger partial charge in [0.2, 0.25) is 0 Å². The standard InChI is InChI=1S/C8H16N2O/c1-7(2)5-11-6-8(3,4)10-9-7/h5-6H2,1-4H3. The molecule has 0 unspecified atom stereocenters. The minimum absolute atomic E-state index is 0.145. The van der Waals surface area contributed by atoms with Crippen molar-refractivity contribution in [1.29, 1.82) is 0 Å². The Morgan fingerprint density at radius 2 is 1.27 bits per heavy atom. The maximum atomic E-state index is 5.44. The molecule has 0 atom stereocenters. The molecular weight excluding hydrogens is 140 g/mol. The Labute approximate surface area is 67.8 Å². The molecule has 0 saturated carbocycles. The second kappa shape index (κ2) is 2.55. The van der Waals surface area contributed by atoms with Gasteiger partial charge in [-0.05, 0) is 27.7 Å². The molecule has 0 aromatic rings. The Kier molecular flexibility index (Phi) is 2.01. The van der Waals surface area contributed by atoms with Crippen molar-refractivity contribution >= 4 is 0 Å². The second-order valence-electron chi connectivity index (χ2n) is 4.32. The van der Waals surface area contributed by atoms with Crippen LogP contribution in [0.25, 0.3) is 0 Å². The van der Waals surface area contributed by atoms with Gasteiger partial charge >= 0.3 is 0 Å². The van der Waals surface area contributed by atoms with E-state index in [1.165, 1.54) is 0 Å². The van der Waals surface area contributed by atoms with Crippen LogP contribution in [0.1, 0.15) is 27.7 Å². The molecule has 64 valence electrons. The van der Waals surface area contributed by atoms with E-state index >= 15 is 0 Å². The first kappa shape index (κ1) is 8.65. The molecule has 3 nitrogen and oxygen atoms in total. The van der Waals surface area contributed by atoms with Gasteiger partial charge in [0.05, 0.1) is 24.3 Å². The highest BCUT2D eigenvalue weighted by Crippen LogP contribution is 2.20. The van der Waals surface area contributed by atoms with Gasteiger partial charge in [0.15, 0.2) is 0 Å². The van der Waals surface area contributed by atoms with Gasteiger partial charge in [-0.15, -0.1) is 0 Å². The molecule has 0 saturated heterocycles. The molecule has 3 heteroatoms. The van der Waals surface area contributed by atoms with Gasteiger partial charge in [0, 0.05) is 0 Å². The van der Waals surface area contributed by atoms with Gasteiger partial charge < -0.3 is 4.74 Å². The summed E-state index contributed by atoms with van der Waals surface area (Å²) in [5, 5.41) is 8.42. The minimum atomic E-state index is -0.145. The molecule has 0 amide bonds. The molecule has 1 heterocycles. The predicted molar refractivity (Wildman–Crippen MR) is 43.8 cm³/mol. The smallest absolute Gasteiger partial charge is 0.0992 e. The third-order valence-corrected chi connectivity index (χ3v) is 1.50. The summed E-state index contributed by atoms with van der Waals surface area (Å²) in [6, 6.07) is 0. The number of rotatable bonds is 0. The van der Waals surface area contributed by atoms with Crippen molar-refractivity contribution in [1.82, 2.24) is 0 Å². The van der Waals surface area contributed by atoms with Crippen LogP contribution < -0.4 is 0 Å². The zero-order chi connectivity index (χ0) is 8.54. The number of azo groups is 1. The topological polar surface area (TPSA) is 34.0 Å². The van der Waals surface area contributed by atoms with Crippen molar-refractivity contribution in [3.05, 3.63) is 0 Å². The monoisotopic (exact) mass is 156 g/mol. The van der Waals surface area contributed by atoms with Crippen LogP contribution in [0.3, 0.4) is 0 Å². The van der Waals surface area contributed by atoms with Gasteiger partial charge in [-0.1, -0.05) is 0 Å². The largest absolute Gasteiger partial charge is 0.376 e. The summed E-state index contributed by atoms with van der Waals surface area (Å²) in [4.78, 5) is 0. The lowest BCUT2D eigenvalue weighted by Crippen LogP contribution is -2.25. The molecule has 0 bridgehead atoms. The van der Waals surface area contributed by atoms with E-state index in [-0.39, 0.29) is 11.1 Å². The quantitative estimate of drug-likeness (QED) is 0.528. The van der Waals surface area contributed by atoms with E-state index < -0.39 is 0 Å². The average molecular weight is 156 g/mol. The number of hydrogen-bond donors (Lipinski definition) is 0. The lowest BCUT2D eigenvalue weighted by Gasteiger charge is -2.14. The van der Waals surface area contributed by atoms with Crippen LogP contribution in [-0.2, 0) is 4.74 Å². The van der Waals surface area contributed by atoms with Crippen LogP contribution in [0.5, 0.6) is 0 Å². The van der Waals surface area contributed by atoms with Gasteiger partial charge in [-0.3, -0.25) is 0 Å². The molecule has 0 aliphatic carbocycles. The van der Waals surface area contributed by atoms with E-state index in [1.54, 1.807) is 0 Å². The fraction of sp³-hybridized carbons (Fsp3) is 1.00. The van der Waals surface area contributed by atoms with Crippen LogP contribution in [0, 0.1) is 0 Å². The first-order chi connectivity index (χ1) is 4.91. The fourth-order valence-corrected chi connectivity index (χ4v) is 0.879. The Morgan fingerprint density at radius 1 is 0.909 bits per heavy atom. The third-order valence-electron chi connectivity index (χ3n) is 1.50. The summed E-state index contributed by atoms with van der Waals surface area (Å²) in [6.07, 6.45) is 0. The van der Waals surface area contributed by atoms with E-state index in [2.05, 4.69) is 10.2 Å². The number of ether oxygens (including phenoxy) is 1. The summed E-state index contributed by atoms with van der Waals surface area (Å²) in [6.45, 7) is 9.44. The van der Waals surface area contributed by atoms with E-state index in [0.29, 0.717) is 13.2 Å². The highest BCUT2D eigenvalue weighted by atomic mass is 16.5. The Bertz CT molecular complexity index is 155. The first-order valence-electron chi connectivity index (χ1n) is 3.93. The molecule has 1 rings (SSSR count). The Balaban J connectivity index is 2.72. The van der Waals surface area contributed by atoms with Crippen molar-refractivity contribution < 1.29 is 4.74 Å². The third kappa shape index (κ3) is 2.58. The summed E-state index contributed by atoms with van der Waals surface area (Å²) in [7, 11) is 0. The van der Waals surface area contributed by atoms with Crippen LogP contribution in [-0.4, -0.2) is 24.3 Å². The molecule has 0 aromatic heterocycles. The SMILES string of the molecule is CC1(C)COCC(C)(C)N=N1. The van der Waals surface area contributed by atoms with Crippen LogP contribution in [0.2, 0.25) is 0 Å². The van der Waals surface area contributed by atoms with E-state index in [1.807, 2.05) is 27.7 Å². The van der Waals surface area contributed by atoms with Gasteiger partial charge in [-0.25, -0.2) is 0 Å². The van der Waals surface area contributed by atoms with Crippen LogP contribution >= 0.6 is 0 Å². The molecule has 0 spiro atoms. The summed E-state index contributed by atoms with van der Waals surface area (Å²) >= 11 is 0. The molecule has 11 heavy (non-hydrogen) atoms. The normalized spacial score (nSPS) is 28.0. The summed E-state index contributed by atoms with van der Waals surface area (Å²) in [5.74, 6) is 0. The molecule has 0 N–H and O–H groups in total.